The highest BCUT2D eigenvalue weighted by Crippen LogP contribution is 2.10. The summed E-state index contributed by atoms with van der Waals surface area (Å²) in [5, 5.41) is 8.79. The largest absolute Gasteiger partial charge is 0.351 e. The van der Waals surface area contributed by atoms with Crippen LogP contribution in [-0.2, 0) is 4.79 Å². The molecule has 3 N–H and O–H groups in total. The van der Waals surface area contributed by atoms with Gasteiger partial charge in [-0.2, -0.15) is 0 Å². The molecule has 0 heterocycles. The molecule has 0 radical (unpaired) electrons. The van der Waals surface area contributed by atoms with Gasteiger partial charge in [0.15, 0.2) is 0 Å². The lowest BCUT2D eigenvalue weighted by atomic mass is 10.2. The van der Waals surface area contributed by atoms with Crippen molar-refractivity contribution < 1.29 is 9.59 Å². The summed E-state index contributed by atoms with van der Waals surface area (Å²) in [6.07, 6.45) is 1.49. The third-order valence-electron chi connectivity index (χ3n) is 2.74. The van der Waals surface area contributed by atoms with Gasteiger partial charge in [-0.3, -0.25) is 9.59 Å². The first-order valence-electron chi connectivity index (χ1n) is 7.06. The lowest BCUT2D eigenvalue weighted by Gasteiger charge is -2.08. The van der Waals surface area contributed by atoms with Gasteiger partial charge in [0.2, 0.25) is 5.91 Å². The van der Waals surface area contributed by atoms with Crippen LogP contribution < -0.4 is 16.0 Å². The van der Waals surface area contributed by atoms with E-state index in [0.717, 1.165) is 19.5 Å². The Kier molecular flexibility index (Phi) is 7.35. The fourth-order valence-electron chi connectivity index (χ4n) is 1.66. The van der Waals surface area contributed by atoms with Crippen LogP contribution in [0, 0.1) is 0 Å². The summed E-state index contributed by atoms with van der Waals surface area (Å²) in [6.45, 7) is 6.18. The van der Waals surface area contributed by atoms with Crippen molar-refractivity contribution in [3.05, 3.63) is 29.8 Å². The molecule has 0 bridgehead atoms. The van der Waals surface area contributed by atoms with Crippen LogP contribution in [0.2, 0.25) is 0 Å². The zero-order valence-electron chi connectivity index (χ0n) is 12.2. The zero-order valence-corrected chi connectivity index (χ0v) is 12.2. The highest BCUT2D eigenvalue weighted by molar-refractivity contribution is 5.97. The Bertz CT molecular complexity index is 446. The van der Waals surface area contributed by atoms with Crippen molar-refractivity contribution in [2.75, 3.05) is 25.0 Å². The predicted octanol–water partition coefficient (Wildman–Crippen LogP) is 1.76. The van der Waals surface area contributed by atoms with E-state index in [9.17, 15) is 9.59 Å². The van der Waals surface area contributed by atoms with E-state index in [1.807, 2.05) is 0 Å². The van der Waals surface area contributed by atoms with E-state index in [4.69, 9.17) is 0 Å². The summed E-state index contributed by atoms with van der Waals surface area (Å²) in [4.78, 5) is 23.2. The molecular weight excluding hydrogens is 254 g/mol. The van der Waals surface area contributed by atoms with Crippen molar-refractivity contribution in [2.24, 2.45) is 0 Å². The van der Waals surface area contributed by atoms with Gasteiger partial charge in [-0.15, -0.1) is 0 Å². The molecule has 0 aliphatic heterocycles. The normalized spacial score (nSPS) is 10.1. The van der Waals surface area contributed by atoms with Gasteiger partial charge in [0.25, 0.3) is 5.91 Å². The van der Waals surface area contributed by atoms with Crippen LogP contribution >= 0.6 is 0 Å². The van der Waals surface area contributed by atoms with Gasteiger partial charge >= 0.3 is 0 Å². The van der Waals surface area contributed by atoms with Gasteiger partial charge in [0.1, 0.15) is 0 Å². The predicted molar refractivity (Wildman–Crippen MR) is 80.9 cm³/mol. The monoisotopic (exact) mass is 277 g/mol. The van der Waals surface area contributed by atoms with Crippen molar-refractivity contribution in [2.45, 2.75) is 26.7 Å². The average molecular weight is 277 g/mol. The summed E-state index contributed by atoms with van der Waals surface area (Å²) < 4.78 is 0. The Labute approximate surface area is 120 Å². The molecule has 1 aromatic rings. The molecule has 2 amide bonds. The van der Waals surface area contributed by atoms with Crippen molar-refractivity contribution in [1.82, 2.24) is 10.6 Å². The first-order valence-corrected chi connectivity index (χ1v) is 7.06. The van der Waals surface area contributed by atoms with Crippen LogP contribution in [0.25, 0.3) is 0 Å². The third kappa shape index (κ3) is 5.84. The molecule has 0 aliphatic rings. The molecule has 110 valence electrons. The number of rotatable bonds is 8. The smallest absolute Gasteiger partial charge is 0.251 e. The quantitative estimate of drug-likeness (QED) is 0.634. The maximum absolute atomic E-state index is 11.9. The summed E-state index contributed by atoms with van der Waals surface area (Å²) in [7, 11) is 0. The molecule has 0 spiro atoms. The van der Waals surface area contributed by atoms with Crippen LogP contribution in [-0.4, -0.2) is 31.4 Å². The van der Waals surface area contributed by atoms with E-state index in [1.54, 1.807) is 31.2 Å². The van der Waals surface area contributed by atoms with Crippen LogP contribution in [0.15, 0.2) is 24.3 Å². The molecule has 0 unspecified atom stereocenters. The van der Waals surface area contributed by atoms with Gasteiger partial charge in [-0.25, -0.2) is 0 Å². The Morgan fingerprint density at radius 1 is 1.10 bits per heavy atom. The maximum Gasteiger partial charge on any atom is 0.251 e. The molecule has 1 rings (SSSR count). The van der Waals surface area contributed by atoms with Crippen LogP contribution in [0.1, 0.15) is 37.0 Å². The first kappa shape index (κ1) is 16.2. The van der Waals surface area contributed by atoms with Gasteiger partial charge < -0.3 is 16.0 Å². The van der Waals surface area contributed by atoms with Crippen LogP contribution in [0.4, 0.5) is 5.69 Å². The zero-order chi connectivity index (χ0) is 14.8. The summed E-state index contributed by atoms with van der Waals surface area (Å²) in [6, 6.07) is 6.95. The summed E-state index contributed by atoms with van der Waals surface area (Å²) in [5.41, 5.74) is 1.20. The molecule has 0 saturated heterocycles. The third-order valence-corrected chi connectivity index (χ3v) is 2.74. The number of nitrogens with one attached hydrogen (secondary N) is 3. The summed E-state index contributed by atoms with van der Waals surface area (Å²) in [5.74, 6) is -0.192. The van der Waals surface area contributed by atoms with E-state index in [2.05, 4.69) is 22.9 Å². The van der Waals surface area contributed by atoms with Gasteiger partial charge in [-0.05, 0) is 31.2 Å². The first-order chi connectivity index (χ1) is 9.67. The fourth-order valence-corrected chi connectivity index (χ4v) is 1.66. The second-order valence-corrected chi connectivity index (χ2v) is 4.49. The van der Waals surface area contributed by atoms with Crippen molar-refractivity contribution in [3.8, 4) is 0 Å². The van der Waals surface area contributed by atoms with E-state index in [0.29, 0.717) is 24.2 Å². The highest BCUT2D eigenvalue weighted by Gasteiger charge is 2.06. The molecule has 0 fully saturated rings. The number of amides is 2. The van der Waals surface area contributed by atoms with Gasteiger partial charge in [-0.1, -0.05) is 19.9 Å². The highest BCUT2D eigenvalue weighted by atomic mass is 16.2. The SMILES string of the molecule is CCCNCCNC(=O)c1cccc(NC(=O)CC)c1. The second-order valence-electron chi connectivity index (χ2n) is 4.49. The Hall–Kier alpha value is -1.88. The van der Waals surface area contributed by atoms with E-state index in [1.165, 1.54) is 0 Å². The van der Waals surface area contributed by atoms with Crippen molar-refractivity contribution in [1.29, 1.82) is 0 Å². The van der Waals surface area contributed by atoms with Crippen LogP contribution in [0.5, 0.6) is 0 Å². The maximum atomic E-state index is 11.9. The average Bonchev–Trinajstić information content (AvgIpc) is 2.47. The van der Waals surface area contributed by atoms with Crippen molar-refractivity contribution in [3.63, 3.8) is 0 Å². The Morgan fingerprint density at radius 2 is 1.90 bits per heavy atom. The van der Waals surface area contributed by atoms with E-state index < -0.39 is 0 Å². The minimum absolute atomic E-state index is 0.0636. The van der Waals surface area contributed by atoms with E-state index in [-0.39, 0.29) is 11.8 Å². The minimum Gasteiger partial charge on any atom is -0.351 e. The second kappa shape index (κ2) is 9.09. The van der Waals surface area contributed by atoms with Gasteiger partial charge in [0, 0.05) is 30.8 Å². The summed E-state index contributed by atoms with van der Waals surface area (Å²) >= 11 is 0. The molecule has 0 atom stereocenters. The molecule has 0 aromatic heterocycles. The standard InChI is InChI=1S/C15H23N3O2/c1-3-8-16-9-10-17-15(20)12-6-5-7-13(11-12)18-14(19)4-2/h5-7,11,16H,3-4,8-10H2,1-2H3,(H,17,20)(H,18,19). The molecule has 5 nitrogen and oxygen atoms in total. The number of benzene rings is 1. The van der Waals surface area contributed by atoms with E-state index >= 15 is 0 Å². The minimum atomic E-state index is -0.129. The molecule has 1 aromatic carbocycles. The molecule has 0 saturated carbocycles. The fraction of sp³-hybridized carbons (Fsp3) is 0.467. The van der Waals surface area contributed by atoms with Gasteiger partial charge in [0.05, 0.1) is 0 Å². The molecule has 5 heteroatoms. The number of carbonyl (C=O) groups excluding carboxylic acids is 2. The molecule has 20 heavy (non-hydrogen) atoms. The Balaban J connectivity index is 2.47. The lowest BCUT2D eigenvalue weighted by molar-refractivity contribution is -0.115. The Morgan fingerprint density at radius 3 is 2.60 bits per heavy atom. The van der Waals surface area contributed by atoms with Crippen molar-refractivity contribution >= 4 is 17.5 Å². The number of hydrogen-bond acceptors (Lipinski definition) is 3. The molecular formula is C15H23N3O2. The van der Waals surface area contributed by atoms with Crippen LogP contribution in [0.3, 0.4) is 0 Å². The number of carbonyl (C=O) groups is 2. The lowest BCUT2D eigenvalue weighted by Crippen LogP contribution is -2.32. The molecule has 0 aliphatic carbocycles. The number of hydrogen-bond donors (Lipinski definition) is 3. The number of anilines is 1. The topological polar surface area (TPSA) is 70.2 Å².